The molecule has 0 aliphatic rings. The van der Waals surface area contributed by atoms with E-state index in [4.69, 9.17) is 22.1 Å². The van der Waals surface area contributed by atoms with Crippen LogP contribution in [-0.2, 0) is 0 Å². The van der Waals surface area contributed by atoms with Crippen LogP contribution in [0.5, 0.6) is 5.75 Å². The van der Waals surface area contributed by atoms with E-state index in [0.29, 0.717) is 0 Å². The van der Waals surface area contributed by atoms with E-state index < -0.39 is 5.82 Å². The highest BCUT2D eigenvalue weighted by atomic mass is 35.5. The van der Waals surface area contributed by atoms with Crippen molar-refractivity contribution in [3.8, 4) is 5.75 Å². The van der Waals surface area contributed by atoms with Crippen LogP contribution >= 0.6 is 11.6 Å². The van der Waals surface area contributed by atoms with Crippen LogP contribution in [0.4, 0.5) is 4.39 Å². The van der Waals surface area contributed by atoms with Crippen molar-refractivity contribution in [3.63, 3.8) is 0 Å². The number of ether oxygens (including phenoxy) is 1. The van der Waals surface area contributed by atoms with E-state index in [-0.39, 0.29) is 28.7 Å². The molecule has 0 bridgehead atoms. The largest absolute Gasteiger partial charge is 0.495 e. The maximum atomic E-state index is 13.1. The summed E-state index contributed by atoms with van der Waals surface area (Å²) in [6.45, 7) is -0.176. The predicted molar refractivity (Wildman–Crippen MR) is 51.3 cm³/mol. The Hall–Kier alpha value is -1.13. The number of ketones is 1. The lowest BCUT2D eigenvalue weighted by molar-refractivity contribution is 0.100. The van der Waals surface area contributed by atoms with Crippen molar-refractivity contribution < 1.29 is 13.9 Å². The molecule has 1 aromatic rings. The van der Waals surface area contributed by atoms with Crippen LogP contribution in [0.1, 0.15) is 10.4 Å². The van der Waals surface area contributed by atoms with Gasteiger partial charge in [-0.15, -0.1) is 0 Å². The SMILES string of the molecule is COc1cc(C(=O)CN)cc(F)c1Cl. The molecule has 0 unspecified atom stereocenters. The van der Waals surface area contributed by atoms with Crippen molar-refractivity contribution in [3.05, 3.63) is 28.5 Å². The van der Waals surface area contributed by atoms with Gasteiger partial charge in [0, 0.05) is 5.56 Å². The Labute approximate surface area is 85.6 Å². The van der Waals surface area contributed by atoms with Gasteiger partial charge >= 0.3 is 0 Å². The lowest BCUT2D eigenvalue weighted by Crippen LogP contribution is -2.13. The third-order valence-corrected chi connectivity index (χ3v) is 2.09. The number of benzene rings is 1. The van der Waals surface area contributed by atoms with E-state index >= 15 is 0 Å². The summed E-state index contributed by atoms with van der Waals surface area (Å²) >= 11 is 5.57. The number of carbonyl (C=O) groups is 1. The molecule has 2 N–H and O–H groups in total. The molecule has 0 heterocycles. The highest BCUT2D eigenvalue weighted by Crippen LogP contribution is 2.28. The second kappa shape index (κ2) is 4.39. The third-order valence-electron chi connectivity index (χ3n) is 1.72. The molecule has 1 rings (SSSR count). The molecule has 0 aliphatic heterocycles. The van der Waals surface area contributed by atoms with Crippen molar-refractivity contribution in [2.24, 2.45) is 5.73 Å². The first-order valence-electron chi connectivity index (χ1n) is 3.86. The highest BCUT2D eigenvalue weighted by molar-refractivity contribution is 6.32. The van der Waals surface area contributed by atoms with Crippen molar-refractivity contribution in [1.82, 2.24) is 0 Å². The van der Waals surface area contributed by atoms with Crippen molar-refractivity contribution in [2.75, 3.05) is 13.7 Å². The first-order chi connectivity index (χ1) is 6.60. The van der Waals surface area contributed by atoms with Crippen molar-refractivity contribution >= 4 is 17.4 Å². The predicted octanol–water partition coefficient (Wildman–Crippen LogP) is 1.63. The molecule has 0 spiro atoms. The zero-order chi connectivity index (χ0) is 10.7. The molecular weight excluding hydrogens is 209 g/mol. The second-order valence-corrected chi connectivity index (χ2v) is 2.98. The Balaban J connectivity index is 3.22. The summed E-state index contributed by atoms with van der Waals surface area (Å²) in [6, 6.07) is 2.40. The van der Waals surface area contributed by atoms with E-state index in [1.54, 1.807) is 0 Å². The molecule has 14 heavy (non-hydrogen) atoms. The van der Waals surface area contributed by atoms with Gasteiger partial charge in [0.2, 0.25) is 0 Å². The average molecular weight is 218 g/mol. The Morgan fingerprint density at radius 3 is 2.79 bits per heavy atom. The van der Waals surface area contributed by atoms with E-state index in [0.717, 1.165) is 6.07 Å². The minimum Gasteiger partial charge on any atom is -0.495 e. The zero-order valence-electron chi connectivity index (χ0n) is 7.51. The molecule has 1 aromatic carbocycles. The maximum absolute atomic E-state index is 13.1. The van der Waals surface area contributed by atoms with Gasteiger partial charge in [0.25, 0.3) is 0 Å². The molecule has 0 aromatic heterocycles. The minimum atomic E-state index is -0.692. The molecule has 0 fully saturated rings. The van der Waals surface area contributed by atoms with Gasteiger partial charge in [-0.2, -0.15) is 0 Å². The van der Waals surface area contributed by atoms with Crippen LogP contribution in [0, 0.1) is 5.82 Å². The van der Waals surface area contributed by atoms with Crippen LogP contribution in [0.25, 0.3) is 0 Å². The molecule has 3 nitrogen and oxygen atoms in total. The number of hydrogen-bond acceptors (Lipinski definition) is 3. The molecular formula is C9H9ClFNO2. The average Bonchev–Trinajstić information content (AvgIpc) is 2.20. The number of rotatable bonds is 3. The van der Waals surface area contributed by atoms with Gasteiger partial charge in [0.1, 0.15) is 16.6 Å². The van der Waals surface area contributed by atoms with Crippen LogP contribution in [0.3, 0.4) is 0 Å². The number of hydrogen-bond donors (Lipinski definition) is 1. The topological polar surface area (TPSA) is 52.3 Å². The molecule has 76 valence electrons. The summed E-state index contributed by atoms with van der Waals surface area (Å²) in [6.07, 6.45) is 0. The fraction of sp³-hybridized carbons (Fsp3) is 0.222. The first kappa shape index (κ1) is 10.9. The fourth-order valence-electron chi connectivity index (χ4n) is 0.991. The zero-order valence-corrected chi connectivity index (χ0v) is 8.27. The number of halogens is 2. The van der Waals surface area contributed by atoms with Gasteiger partial charge < -0.3 is 10.5 Å². The molecule has 0 saturated heterocycles. The van der Waals surface area contributed by atoms with Gasteiger partial charge in [0.15, 0.2) is 5.78 Å². The van der Waals surface area contributed by atoms with E-state index in [1.165, 1.54) is 13.2 Å². The van der Waals surface area contributed by atoms with Crippen molar-refractivity contribution in [1.29, 1.82) is 0 Å². The quantitative estimate of drug-likeness (QED) is 0.783. The molecule has 0 radical (unpaired) electrons. The molecule has 0 amide bonds. The summed E-state index contributed by atoms with van der Waals surface area (Å²) in [5.74, 6) is -0.926. The summed E-state index contributed by atoms with van der Waals surface area (Å²) in [4.78, 5) is 11.2. The van der Waals surface area contributed by atoms with Gasteiger partial charge in [-0.3, -0.25) is 4.79 Å². The molecule has 0 aliphatic carbocycles. The number of Topliss-reactive ketones (excluding diaryl/α,β-unsaturated/α-hetero) is 1. The van der Waals surface area contributed by atoms with Crippen LogP contribution in [-0.4, -0.2) is 19.4 Å². The van der Waals surface area contributed by atoms with Gasteiger partial charge in [-0.25, -0.2) is 4.39 Å². The van der Waals surface area contributed by atoms with Crippen molar-refractivity contribution in [2.45, 2.75) is 0 Å². The summed E-state index contributed by atoms with van der Waals surface area (Å²) in [7, 11) is 1.34. The van der Waals surface area contributed by atoms with Gasteiger partial charge in [-0.05, 0) is 12.1 Å². The monoisotopic (exact) mass is 217 g/mol. The van der Waals surface area contributed by atoms with Gasteiger partial charge in [0.05, 0.1) is 13.7 Å². The molecule has 0 atom stereocenters. The standard InChI is InChI=1S/C9H9ClFNO2/c1-14-8-3-5(7(13)4-12)2-6(11)9(8)10/h2-3H,4,12H2,1H3. The van der Waals surface area contributed by atoms with E-state index in [9.17, 15) is 9.18 Å². The number of carbonyl (C=O) groups excluding carboxylic acids is 1. The Bertz CT molecular complexity index is 368. The Morgan fingerprint density at radius 1 is 1.64 bits per heavy atom. The van der Waals surface area contributed by atoms with Crippen LogP contribution < -0.4 is 10.5 Å². The second-order valence-electron chi connectivity index (χ2n) is 2.60. The summed E-state index contributed by atoms with van der Waals surface area (Å²) in [5, 5.41) is -0.138. The number of methoxy groups -OCH3 is 1. The minimum absolute atomic E-state index is 0.128. The fourth-order valence-corrected chi connectivity index (χ4v) is 1.18. The van der Waals surface area contributed by atoms with E-state index in [2.05, 4.69) is 0 Å². The van der Waals surface area contributed by atoms with Crippen LogP contribution in [0.15, 0.2) is 12.1 Å². The van der Waals surface area contributed by atoms with E-state index in [1.807, 2.05) is 0 Å². The number of nitrogens with two attached hydrogens (primary N) is 1. The first-order valence-corrected chi connectivity index (χ1v) is 4.24. The molecule has 0 saturated carbocycles. The maximum Gasteiger partial charge on any atom is 0.176 e. The lowest BCUT2D eigenvalue weighted by atomic mass is 10.1. The summed E-state index contributed by atoms with van der Waals surface area (Å²) < 4.78 is 17.9. The van der Waals surface area contributed by atoms with Crippen LogP contribution in [0.2, 0.25) is 5.02 Å². The smallest absolute Gasteiger partial charge is 0.176 e. The Kier molecular flexibility index (Phi) is 3.43. The Morgan fingerprint density at radius 2 is 2.29 bits per heavy atom. The third kappa shape index (κ3) is 2.02. The lowest BCUT2D eigenvalue weighted by Gasteiger charge is -2.06. The summed E-state index contributed by atoms with van der Waals surface area (Å²) in [5.41, 5.74) is 5.30. The highest BCUT2D eigenvalue weighted by Gasteiger charge is 2.12. The van der Waals surface area contributed by atoms with Gasteiger partial charge in [-0.1, -0.05) is 11.6 Å². The normalized spacial score (nSPS) is 10.0. The molecule has 5 heteroatoms.